The van der Waals surface area contributed by atoms with E-state index in [1.165, 1.54) is 20.3 Å². The van der Waals surface area contributed by atoms with Crippen molar-refractivity contribution in [2.75, 3.05) is 45.8 Å². The Balaban J connectivity index is 2.13. The summed E-state index contributed by atoms with van der Waals surface area (Å²) < 4.78 is 14.7. The summed E-state index contributed by atoms with van der Waals surface area (Å²) in [7, 11) is 2.54. The van der Waals surface area contributed by atoms with Crippen LogP contribution in [0.5, 0.6) is 0 Å². The Bertz CT molecular complexity index is 597. The SMILES string of the molecule is COC(=O)c1cc(NC(=S)NN2CCOCC2)cc(C(=O)OC)c1. The van der Waals surface area contributed by atoms with Crippen molar-refractivity contribution in [3.8, 4) is 0 Å². The summed E-state index contributed by atoms with van der Waals surface area (Å²) in [4.78, 5) is 23.5. The Morgan fingerprint density at radius 3 is 2.12 bits per heavy atom. The van der Waals surface area contributed by atoms with Gasteiger partial charge in [0.25, 0.3) is 0 Å². The van der Waals surface area contributed by atoms with Crippen molar-refractivity contribution >= 4 is 35.0 Å². The zero-order chi connectivity index (χ0) is 17.5. The molecule has 1 aliphatic heterocycles. The maximum absolute atomic E-state index is 11.8. The molecule has 1 heterocycles. The standard InChI is InChI=1S/C15H19N3O5S/c1-21-13(19)10-7-11(14(20)22-2)9-12(8-10)16-15(24)17-18-3-5-23-6-4-18/h7-9H,3-6H2,1-2H3,(H2,16,17,24). The fourth-order valence-corrected chi connectivity index (χ4v) is 2.40. The maximum Gasteiger partial charge on any atom is 0.337 e. The number of nitrogens with zero attached hydrogens (tertiary/aromatic N) is 1. The lowest BCUT2D eigenvalue weighted by atomic mass is 10.1. The third-order valence-electron chi connectivity index (χ3n) is 3.30. The fraction of sp³-hybridized carbons (Fsp3) is 0.400. The number of carbonyl (C=O) groups is 2. The average molecular weight is 353 g/mol. The molecule has 0 radical (unpaired) electrons. The van der Waals surface area contributed by atoms with Gasteiger partial charge >= 0.3 is 11.9 Å². The highest BCUT2D eigenvalue weighted by Gasteiger charge is 2.15. The first kappa shape index (κ1) is 18.1. The lowest BCUT2D eigenvalue weighted by Gasteiger charge is -2.28. The Morgan fingerprint density at radius 1 is 1.08 bits per heavy atom. The summed E-state index contributed by atoms with van der Waals surface area (Å²) in [5.41, 5.74) is 3.95. The van der Waals surface area contributed by atoms with Gasteiger partial charge < -0.3 is 19.5 Å². The Labute approximate surface area is 145 Å². The Morgan fingerprint density at radius 2 is 1.62 bits per heavy atom. The number of methoxy groups -OCH3 is 2. The summed E-state index contributed by atoms with van der Waals surface area (Å²) in [5, 5.41) is 5.21. The number of hydrazine groups is 1. The van der Waals surface area contributed by atoms with Crippen LogP contribution in [0.4, 0.5) is 5.69 Å². The highest BCUT2D eigenvalue weighted by molar-refractivity contribution is 7.80. The first-order chi connectivity index (χ1) is 11.5. The van der Waals surface area contributed by atoms with Crippen molar-refractivity contribution < 1.29 is 23.8 Å². The lowest BCUT2D eigenvalue weighted by Crippen LogP contribution is -2.49. The minimum atomic E-state index is -0.559. The normalized spacial score (nSPS) is 14.6. The molecule has 0 unspecified atom stereocenters. The molecule has 1 aromatic rings. The summed E-state index contributed by atoms with van der Waals surface area (Å²) in [6.07, 6.45) is 0. The largest absolute Gasteiger partial charge is 0.465 e. The molecule has 0 aliphatic carbocycles. The first-order valence-corrected chi connectivity index (χ1v) is 7.66. The van der Waals surface area contributed by atoms with Crippen molar-refractivity contribution in [2.24, 2.45) is 0 Å². The van der Waals surface area contributed by atoms with Gasteiger partial charge in [0.05, 0.1) is 38.6 Å². The lowest BCUT2D eigenvalue weighted by molar-refractivity contribution is 0.0252. The summed E-state index contributed by atoms with van der Waals surface area (Å²) in [5.74, 6) is -1.12. The third kappa shape index (κ3) is 4.88. The number of thiocarbonyl (C=S) groups is 1. The molecule has 24 heavy (non-hydrogen) atoms. The minimum absolute atomic E-state index is 0.220. The van der Waals surface area contributed by atoms with Crippen LogP contribution in [-0.4, -0.2) is 62.6 Å². The second-order valence-corrected chi connectivity index (χ2v) is 5.36. The maximum atomic E-state index is 11.8. The highest BCUT2D eigenvalue weighted by atomic mass is 32.1. The molecule has 1 fully saturated rings. The van der Waals surface area contributed by atoms with E-state index in [-0.39, 0.29) is 11.1 Å². The smallest absolute Gasteiger partial charge is 0.337 e. The molecule has 0 bridgehead atoms. The van der Waals surface area contributed by atoms with Crippen molar-refractivity contribution in [1.29, 1.82) is 0 Å². The van der Waals surface area contributed by atoms with E-state index in [0.29, 0.717) is 37.1 Å². The average Bonchev–Trinajstić information content (AvgIpc) is 2.60. The number of esters is 2. The number of hydrogen-bond acceptors (Lipinski definition) is 7. The van der Waals surface area contributed by atoms with E-state index in [2.05, 4.69) is 10.7 Å². The minimum Gasteiger partial charge on any atom is -0.465 e. The molecule has 0 aromatic heterocycles. The molecule has 9 heteroatoms. The van der Waals surface area contributed by atoms with Gasteiger partial charge in [-0.25, -0.2) is 14.6 Å². The predicted octanol–water partition coefficient (Wildman–Crippen LogP) is 0.793. The van der Waals surface area contributed by atoms with E-state index in [0.717, 1.165) is 0 Å². The van der Waals surface area contributed by atoms with Gasteiger partial charge in [-0.1, -0.05) is 0 Å². The fourth-order valence-electron chi connectivity index (χ4n) is 2.15. The van der Waals surface area contributed by atoms with Gasteiger partial charge in [0, 0.05) is 18.8 Å². The van der Waals surface area contributed by atoms with E-state index in [9.17, 15) is 9.59 Å². The first-order valence-electron chi connectivity index (χ1n) is 7.25. The van der Waals surface area contributed by atoms with Gasteiger partial charge in [-0.3, -0.25) is 5.43 Å². The Hall–Kier alpha value is -2.23. The van der Waals surface area contributed by atoms with Crippen LogP contribution in [0.2, 0.25) is 0 Å². The molecule has 0 saturated carbocycles. The molecule has 0 atom stereocenters. The molecule has 0 spiro atoms. The van der Waals surface area contributed by atoms with Crippen molar-refractivity contribution in [3.05, 3.63) is 29.3 Å². The quantitative estimate of drug-likeness (QED) is 0.602. The summed E-state index contributed by atoms with van der Waals surface area (Å²) in [6, 6.07) is 4.50. The summed E-state index contributed by atoms with van der Waals surface area (Å²) >= 11 is 5.25. The molecule has 8 nitrogen and oxygen atoms in total. The van der Waals surface area contributed by atoms with Crippen LogP contribution in [0.15, 0.2) is 18.2 Å². The zero-order valence-corrected chi connectivity index (χ0v) is 14.3. The van der Waals surface area contributed by atoms with Gasteiger partial charge in [-0.2, -0.15) is 0 Å². The van der Waals surface area contributed by atoms with Crippen molar-refractivity contribution in [1.82, 2.24) is 10.4 Å². The summed E-state index contributed by atoms with van der Waals surface area (Å²) in [6.45, 7) is 2.66. The number of benzene rings is 1. The molecule has 1 aliphatic rings. The van der Waals surface area contributed by atoms with Crippen molar-refractivity contribution in [3.63, 3.8) is 0 Å². The second-order valence-electron chi connectivity index (χ2n) is 4.95. The van der Waals surface area contributed by atoms with Gasteiger partial charge in [0.15, 0.2) is 5.11 Å². The second kappa shape index (κ2) is 8.57. The van der Waals surface area contributed by atoms with Crippen LogP contribution in [0.25, 0.3) is 0 Å². The van der Waals surface area contributed by atoms with Crippen LogP contribution >= 0.6 is 12.2 Å². The number of hydrogen-bond donors (Lipinski definition) is 2. The monoisotopic (exact) mass is 353 g/mol. The van der Waals surface area contributed by atoms with Crippen LogP contribution < -0.4 is 10.7 Å². The van der Waals surface area contributed by atoms with E-state index in [4.69, 9.17) is 26.4 Å². The molecular formula is C15H19N3O5S. The van der Waals surface area contributed by atoms with E-state index < -0.39 is 11.9 Å². The van der Waals surface area contributed by atoms with Crippen molar-refractivity contribution in [2.45, 2.75) is 0 Å². The van der Waals surface area contributed by atoms with Crippen LogP contribution in [-0.2, 0) is 14.2 Å². The topological polar surface area (TPSA) is 89.1 Å². The number of rotatable bonds is 4. The van der Waals surface area contributed by atoms with Gasteiger partial charge in [-0.15, -0.1) is 0 Å². The van der Waals surface area contributed by atoms with Crippen LogP contribution in [0.1, 0.15) is 20.7 Å². The zero-order valence-electron chi connectivity index (χ0n) is 13.5. The van der Waals surface area contributed by atoms with Crippen LogP contribution in [0.3, 0.4) is 0 Å². The van der Waals surface area contributed by atoms with E-state index in [1.54, 1.807) is 12.1 Å². The van der Waals surface area contributed by atoms with Gasteiger partial charge in [0.2, 0.25) is 0 Å². The molecule has 0 amide bonds. The number of carbonyl (C=O) groups excluding carboxylic acids is 2. The number of ether oxygens (including phenoxy) is 3. The van der Waals surface area contributed by atoms with Gasteiger partial charge in [0.1, 0.15) is 0 Å². The van der Waals surface area contributed by atoms with E-state index in [1.807, 2.05) is 5.01 Å². The molecule has 2 N–H and O–H groups in total. The molecular weight excluding hydrogens is 334 g/mol. The molecule has 1 saturated heterocycles. The van der Waals surface area contributed by atoms with Gasteiger partial charge in [-0.05, 0) is 30.4 Å². The number of anilines is 1. The Kier molecular flexibility index (Phi) is 6.47. The molecule has 130 valence electrons. The molecule has 1 aromatic carbocycles. The highest BCUT2D eigenvalue weighted by Crippen LogP contribution is 2.17. The number of morpholine rings is 1. The van der Waals surface area contributed by atoms with E-state index >= 15 is 0 Å². The van der Waals surface area contributed by atoms with Crippen LogP contribution in [0, 0.1) is 0 Å². The third-order valence-corrected chi connectivity index (χ3v) is 3.50. The predicted molar refractivity (Wildman–Crippen MR) is 90.9 cm³/mol. The number of nitrogens with one attached hydrogen (secondary N) is 2. The molecule has 2 rings (SSSR count).